The van der Waals surface area contributed by atoms with Crippen molar-refractivity contribution >= 4 is 85.0 Å². The number of aromatic nitrogens is 2. The smallest absolute Gasteiger partial charge is 0.124 e. The van der Waals surface area contributed by atoms with Crippen LogP contribution in [-0.2, 0) is 0 Å². The Morgan fingerprint density at radius 2 is 1.33 bits per heavy atom. The number of hydrogen-bond acceptors (Lipinski definition) is 3. The summed E-state index contributed by atoms with van der Waals surface area (Å²) >= 11 is 3.68. The zero-order valence-corrected chi connectivity index (χ0v) is 19.1. The van der Waals surface area contributed by atoms with Crippen molar-refractivity contribution < 1.29 is 0 Å². The van der Waals surface area contributed by atoms with Crippen molar-refractivity contribution in [3.8, 4) is 5.69 Å². The Balaban J connectivity index is 1.59. The van der Waals surface area contributed by atoms with Gasteiger partial charge in [-0.05, 0) is 36.4 Å². The van der Waals surface area contributed by atoms with Crippen molar-refractivity contribution in [1.29, 1.82) is 0 Å². The van der Waals surface area contributed by atoms with Gasteiger partial charge in [0.25, 0.3) is 0 Å². The highest BCUT2D eigenvalue weighted by molar-refractivity contribution is 7.26. The fourth-order valence-corrected chi connectivity index (χ4v) is 7.69. The molecule has 8 rings (SSSR count). The Morgan fingerprint density at radius 3 is 2.30 bits per heavy atom. The van der Waals surface area contributed by atoms with Gasteiger partial charge in [-0.15, -0.1) is 22.7 Å². The summed E-state index contributed by atoms with van der Waals surface area (Å²) in [5.41, 5.74) is 3.74. The minimum atomic E-state index is 1.10. The van der Waals surface area contributed by atoms with E-state index in [1.165, 1.54) is 63.1 Å². The number of thiophene rings is 2. The summed E-state index contributed by atoms with van der Waals surface area (Å²) in [6.07, 6.45) is 1.89. The quantitative estimate of drug-likeness (QED) is 0.241. The van der Waals surface area contributed by atoms with Gasteiger partial charge < -0.3 is 4.57 Å². The summed E-state index contributed by atoms with van der Waals surface area (Å²) in [4.78, 5) is 5.75. The molecule has 4 heterocycles. The van der Waals surface area contributed by atoms with E-state index < -0.39 is 0 Å². The molecule has 8 aromatic rings. The van der Waals surface area contributed by atoms with Crippen LogP contribution in [0.5, 0.6) is 0 Å². The molecule has 0 spiro atoms. The molecule has 4 heteroatoms. The first-order valence-electron chi connectivity index (χ1n) is 11.0. The van der Waals surface area contributed by atoms with Gasteiger partial charge in [-0.25, -0.2) is 4.98 Å². The lowest BCUT2D eigenvalue weighted by molar-refractivity contribution is 1.20. The van der Waals surface area contributed by atoms with E-state index in [1.54, 1.807) is 11.3 Å². The largest absolute Gasteiger partial charge is 0.308 e. The third kappa shape index (κ3) is 2.29. The maximum absolute atomic E-state index is 4.65. The lowest BCUT2D eigenvalue weighted by atomic mass is 10.1. The first-order valence-corrected chi connectivity index (χ1v) is 12.6. The predicted molar refractivity (Wildman–Crippen MR) is 144 cm³/mol. The van der Waals surface area contributed by atoms with Gasteiger partial charge in [0.2, 0.25) is 0 Å². The van der Waals surface area contributed by atoms with Gasteiger partial charge in [-0.2, -0.15) is 0 Å². The molecule has 4 aromatic carbocycles. The molecule has 2 nitrogen and oxygen atoms in total. The fraction of sp³-hybridized carbons (Fsp3) is 0. The fourth-order valence-electron chi connectivity index (χ4n) is 5.29. The van der Waals surface area contributed by atoms with Gasteiger partial charge in [0.05, 0.1) is 21.4 Å². The summed E-state index contributed by atoms with van der Waals surface area (Å²) in [6, 6.07) is 33.0. The van der Waals surface area contributed by atoms with Crippen LogP contribution in [0.3, 0.4) is 0 Å². The number of fused-ring (bicyclic) bond motifs is 10. The second-order valence-electron chi connectivity index (χ2n) is 8.40. The monoisotopic (exact) mass is 456 g/mol. The highest BCUT2D eigenvalue weighted by Crippen LogP contribution is 2.44. The minimum Gasteiger partial charge on any atom is -0.308 e. The summed E-state index contributed by atoms with van der Waals surface area (Å²) in [6.45, 7) is 0. The van der Waals surface area contributed by atoms with Crippen LogP contribution < -0.4 is 0 Å². The van der Waals surface area contributed by atoms with Crippen LogP contribution in [0.2, 0.25) is 0 Å². The van der Waals surface area contributed by atoms with Crippen molar-refractivity contribution in [1.82, 2.24) is 9.55 Å². The maximum atomic E-state index is 4.65. The first-order chi connectivity index (χ1) is 16.4. The highest BCUT2D eigenvalue weighted by atomic mass is 32.1. The van der Waals surface area contributed by atoms with Gasteiger partial charge in [-0.3, -0.25) is 0 Å². The average molecular weight is 457 g/mol. The summed E-state index contributed by atoms with van der Waals surface area (Å²) in [5.74, 6) is 0. The van der Waals surface area contributed by atoms with Crippen molar-refractivity contribution in [3.05, 3.63) is 97.2 Å². The molecule has 0 radical (unpaired) electrons. The Labute approximate surface area is 196 Å². The number of rotatable bonds is 1. The van der Waals surface area contributed by atoms with Gasteiger partial charge in [0.1, 0.15) is 4.83 Å². The molecule has 0 saturated heterocycles. The maximum Gasteiger partial charge on any atom is 0.124 e. The normalized spacial score (nSPS) is 12.2. The predicted octanol–water partition coefficient (Wildman–Crippen LogP) is 8.91. The van der Waals surface area contributed by atoms with E-state index in [0.717, 1.165) is 4.83 Å². The molecule has 0 fully saturated rings. The number of benzene rings is 4. The Morgan fingerprint density at radius 1 is 0.545 bits per heavy atom. The van der Waals surface area contributed by atoms with E-state index in [2.05, 4.69) is 94.5 Å². The van der Waals surface area contributed by atoms with Crippen LogP contribution in [0.4, 0.5) is 0 Å². The minimum absolute atomic E-state index is 1.10. The van der Waals surface area contributed by atoms with E-state index >= 15 is 0 Å². The van der Waals surface area contributed by atoms with E-state index in [-0.39, 0.29) is 0 Å². The molecule has 0 unspecified atom stereocenters. The molecule has 33 heavy (non-hydrogen) atoms. The summed E-state index contributed by atoms with van der Waals surface area (Å²) in [7, 11) is 0. The molecule has 0 N–H and O–H groups in total. The van der Waals surface area contributed by atoms with Gasteiger partial charge in [0.15, 0.2) is 0 Å². The summed E-state index contributed by atoms with van der Waals surface area (Å²) < 4.78 is 6.44. The topological polar surface area (TPSA) is 17.8 Å². The Kier molecular flexibility index (Phi) is 3.45. The van der Waals surface area contributed by atoms with Crippen molar-refractivity contribution in [2.24, 2.45) is 0 Å². The molecule has 0 aliphatic rings. The van der Waals surface area contributed by atoms with Crippen LogP contribution in [-0.4, -0.2) is 9.55 Å². The van der Waals surface area contributed by atoms with Gasteiger partial charge in [0, 0.05) is 47.9 Å². The van der Waals surface area contributed by atoms with E-state index in [0.29, 0.717) is 0 Å². The highest BCUT2D eigenvalue weighted by Gasteiger charge is 2.19. The number of pyridine rings is 1. The molecule has 0 saturated carbocycles. The molecular formula is C29H16N2S2. The van der Waals surface area contributed by atoms with Crippen LogP contribution in [0.1, 0.15) is 0 Å². The van der Waals surface area contributed by atoms with E-state index in [9.17, 15) is 0 Å². The second-order valence-corrected chi connectivity index (χ2v) is 10.5. The molecule has 4 aromatic heterocycles. The molecular weight excluding hydrogens is 440 g/mol. The SMILES string of the molecule is c1ccc2c(c1)sc1c(-n3c4ccccc4c4c5sc6ncccc6c5ccc43)cccc12. The van der Waals surface area contributed by atoms with Crippen LogP contribution in [0.25, 0.3) is 68.0 Å². The zero-order valence-electron chi connectivity index (χ0n) is 17.4. The number of hydrogen-bond donors (Lipinski definition) is 0. The third-order valence-electron chi connectivity index (χ3n) is 6.68. The average Bonchev–Trinajstić information content (AvgIpc) is 3.53. The van der Waals surface area contributed by atoms with Crippen LogP contribution >= 0.6 is 22.7 Å². The van der Waals surface area contributed by atoms with Crippen LogP contribution in [0.15, 0.2) is 97.2 Å². The van der Waals surface area contributed by atoms with E-state index in [4.69, 9.17) is 0 Å². The molecule has 0 aliphatic carbocycles. The first kappa shape index (κ1) is 17.8. The Hall–Kier alpha value is -3.73. The molecule has 0 aliphatic heterocycles. The van der Waals surface area contributed by atoms with Gasteiger partial charge in [-0.1, -0.05) is 54.6 Å². The Bertz CT molecular complexity index is 2040. The van der Waals surface area contributed by atoms with Gasteiger partial charge >= 0.3 is 0 Å². The van der Waals surface area contributed by atoms with Crippen molar-refractivity contribution in [2.75, 3.05) is 0 Å². The lowest BCUT2D eigenvalue weighted by Gasteiger charge is -2.09. The standard InChI is InChI=1S/C29H16N2S2/c1-3-11-22-21(8-1)26-23(15-14-19-20-10-6-16-30-29(20)33-28(19)26)31(22)24-12-5-9-18-17-7-2-4-13-25(17)32-27(18)24/h1-16H. The third-order valence-corrected chi connectivity index (χ3v) is 9.03. The summed E-state index contributed by atoms with van der Waals surface area (Å²) in [5, 5.41) is 7.80. The van der Waals surface area contributed by atoms with Crippen molar-refractivity contribution in [3.63, 3.8) is 0 Å². The van der Waals surface area contributed by atoms with Crippen molar-refractivity contribution in [2.45, 2.75) is 0 Å². The zero-order chi connectivity index (χ0) is 21.5. The molecule has 154 valence electrons. The molecule has 0 atom stereocenters. The number of para-hydroxylation sites is 1. The molecule has 0 amide bonds. The lowest BCUT2D eigenvalue weighted by Crippen LogP contribution is -1.93. The molecule has 0 bridgehead atoms. The van der Waals surface area contributed by atoms with Crippen LogP contribution in [0, 0.1) is 0 Å². The number of nitrogens with zero attached hydrogens (tertiary/aromatic N) is 2. The van der Waals surface area contributed by atoms with E-state index in [1.807, 2.05) is 23.6 Å². The second kappa shape index (κ2) is 6.41.